The van der Waals surface area contributed by atoms with Crippen molar-refractivity contribution in [2.45, 2.75) is 114 Å². The normalized spacial score (nSPS) is 29.6. The van der Waals surface area contributed by atoms with Gasteiger partial charge in [0.05, 0.1) is 11.0 Å². The van der Waals surface area contributed by atoms with Crippen molar-refractivity contribution in [3.8, 4) is 0 Å². The van der Waals surface area contributed by atoms with Gasteiger partial charge in [0.15, 0.2) is 5.69 Å². The van der Waals surface area contributed by atoms with E-state index in [2.05, 4.69) is 15.4 Å². The van der Waals surface area contributed by atoms with Crippen molar-refractivity contribution in [1.82, 2.24) is 19.8 Å². The van der Waals surface area contributed by atoms with Crippen LogP contribution in [0.4, 0.5) is 0 Å². The third kappa shape index (κ3) is 6.49. The molecule has 5 atom stereocenters. The SMILES string of the molecule is CNC(=O)CC/C(=N\OCC(=O)O)c1nc2ccccc2n(C2C[C@H]3CCC[C@@H](C2)N3C2CC3CCCCC(C3)C2)c1=O. The first-order valence-electron chi connectivity index (χ1n) is 16.3. The second kappa shape index (κ2) is 13.2. The van der Waals surface area contributed by atoms with Crippen LogP contribution in [0.25, 0.3) is 11.0 Å². The maximum absolute atomic E-state index is 14.3. The summed E-state index contributed by atoms with van der Waals surface area (Å²) in [5, 5.41) is 15.7. The van der Waals surface area contributed by atoms with Crippen LogP contribution in [0, 0.1) is 11.8 Å². The fourth-order valence-corrected chi connectivity index (χ4v) is 8.74. The number of carboxylic acid groups (broad SMARTS) is 1. The Morgan fingerprint density at radius 3 is 2.30 bits per heavy atom. The Bertz CT molecular complexity index is 1390. The molecule has 2 saturated heterocycles. The number of carbonyl (C=O) groups excluding carboxylic acids is 1. The largest absolute Gasteiger partial charge is 0.479 e. The van der Waals surface area contributed by atoms with Gasteiger partial charge in [-0.05, 0) is 68.9 Å². The van der Waals surface area contributed by atoms with E-state index in [1.54, 1.807) is 7.05 Å². The molecule has 2 saturated carbocycles. The Kier molecular flexibility index (Phi) is 9.12. The van der Waals surface area contributed by atoms with E-state index in [4.69, 9.17) is 14.9 Å². The van der Waals surface area contributed by atoms with Gasteiger partial charge in [-0.1, -0.05) is 49.4 Å². The molecule has 43 heavy (non-hydrogen) atoms. The molecule has 10 heteroatoms. The lowest BCUT2D eigenvalue weighted by molar-refractivity contribution is -0.142. The molecule has 3 unspecified atom stereocenters. The number of rotatable bonds is 9. The molecule has 10 nitrogen and oxygen atoms in total. The molecule has 4 aliphatic rings. The molecule has 0 radical (unpaired) electrons. The second-order valence-electron chi connectivity index (χ2n) is 13.2. The lowest BCUT2D eigenvalue weighted by atomic mass is 9.73. The summed E-state index contributed by atoms with van der Waals surface area (Å²) in [6, 6.07) is 9.31. The molecule has 6 rings (SSSR count). The van der Waals surface area contributed by atoms with Crippen molar-refractivity contribution < 1.29 is 19.5 Å². The number of amides is 1. The standard InChI is InChI=1S/C33H45N5O5/c1-34-30(39)14-13-28(36-43-20-31(40)41)32-33(42)38(29-12-5-4-11-27(29)35-32)26-18-23-9-6-10-24(19-26)37(23)25-16-21-7-2-3-8-22(15-21)17-25/h4-5,11-12,21-26H,2-3,6-10,13-20H2,1H3,(H,34,39)(H,40,41)/b36-28+/t21?,22?,23-,24+,25?,26?. The number of benzene rings is 1. The first-order valence-corrected chi connectivity index (χ1v) is 16.3. The van der Waals surface area contributed by atoms with E-state index in [-0.39, 0.29) is 41.8 Å². The molecule has 232 valence electrons. The van der Waals surface area contributed by atoms with Crippen LogP contribution in [0.2, 0.25) is 0 Å². The minimum absolute atomic E-state index is 0.0247. The summed E-state index contributed by atoms with van der Waals surface area (Å²) in [7, 11) is 1.55. The Balaban J connectivity index is 1.33. The van der Waals surface area contributed by atoms with Crippen LogP contribution >= 0.6 is 0 Å². The number of nitrogens with zero attached hydrogens (tertiary/aromatic N) is 4. The number of hydrogen-bond donors (Lipinski definition) is 2. The third-order valence-corrected chi connectivity index (χ3v) is 10.4. The average Bonchev–Trinajstić information content (AvgIpc) is 3.16. The number of hydrogen-bond acceptors (Lipinski definition) is 7. The minimum Gasteiger partial charge on any atom is -0.479 e. The fourth-order valence-electron chi connectivity index (χ4n) is 8.74. The van der Waals surface area contributed by atoms with Crippen LogP contribution in [0.3, 0.4) is 0 Å². The van der Waals surface area contributed by atoms with Gasteiger partial charge in [-0.2, -0.15) is 0 Å². The second-order valence-corrected chi connectivity index (χ2v) is 13.2. The number of aromatic nitrogens is 2. The zero-order chi connectivity index (χ0) is 29.9. The highest BCUT2D eigenvalue weighted by atomic mass is 16.6. The monoisotopic (exact) mass is 591 g/mol. The predicted molar refractivity (Wildman–Crippen MR) is 164 cm³/mol. The molecule has 1 aromatic carbocycles. The zero-order valence-corrected chi connectivity index (χ0v) is 25.2. The topological polar surface area (TPSA) is 126 Å². The van der Waals surface area contributed by atoms with Gasteiger partial charge in [-0.15, -0.1) is 0 Å². The first-order chi connectivity index (χ1) is 20.9. The highest BCUT2D eigenvalue weighted by Crippen LogP contribution is 2.47. The number of nitrogens with one attached hydrogen (secondary N) is 1. The maximum Gasteiger partial charge on any atom is 0.344 e. The number of oxime groups is 1. The molecule has 2 aliphatic heterocycles. The third-order valence-electron chi connectivity index (χ3n) is 10.4. The molecule has 2 aliphatic carbocycles. The van der Waals surface area contributed by atoms with Crippen LogP contribution in [-0.2, 0) is 14.4 Å². The quantitative estimate of drug-likeness (QED) is 0.321. The van der Waals surface area contributed by atoms with Gasteiger partial charge in [0.1, 0.15) is 5.71 Å². The molecular weight excluding hydrogens is 546 g/mol. The summed E-state index contributed by atoms with van der Waals surface area (Å²) in [4.78, 5) is 50.2. The predicted octanol–water partition coefficient (Wildman–Crippen LogP) is 4.64. The van der Waals surface area contributed by atoms with Gasteiger partial charge < -0.3 is 19.8 Å². The van der Waals surface area contributed by atoms with Crippen molar-refractivity contribution in [2.24, 2.45) is 17.0 Å². The Morgan fingerprint density at radius 2 is 1.63 bits per heavy atom. The van der Waals surface area contributed by atoms with Crippen molar-refractivity contribution in [2.75, 3.05) is 13.7 Å². The van der Waals surface area contributed by atoms with Gasteiger partial charge in [0.25, 0.3) is 5.56 Å². The Morgan fingerprint density at radius 1 is 0.930 bits per heavy atom. The van der Waals surface area contributed by atoms with Gasteiger partial charge in [-0.3, -0.25) is 14.5 Å². The minimum atomic E-state index is -1.17. The van der Waals surface area contributed by atoms with E-state index in [0.717, 1.165) is 30.2 Å². The van der Waals surface area contributed by atoms with Crippen molar-refractivity contribution in [1.29, 1.82) is 0 Å². The van der Waals surface area contributed by atoms with Crippen LogP contribution in [0.1, 0.15) is 102 Å². The molecule has 4 bridgehead atoms. The molecule has 1 aromatic heterocycles. The smallest absolute Gasteiger partial charge is 0.344 e. The van der Waals surface area contributed by atoms with Crippen molar-refractivity contribution >= 4 is 28.6 Å². The van der Waals surface area contributed by atoms with Gasteiger partial charge >= 0.3 is 5.97 Å². The highest BCUT2D eigenvalue weighted by Gasteiger charge is 2.45. The van der Waals surface area contributed by atoms with E-state index >= 15 is 0 Å². The number of carbonyl (C=O) groups is 2. The molecular formula is C33H45N5O5. The summed E-state index contributed by atoms with van der Waals surface area (Å²) in [5.74, 6) is 0.355. The summed E-state index contributed by atoms with van der Waals surface area (Å²) < 4.78 is 1.92. The molecule has 2 N–H and O–H groups in total. The maximum atomic E-state index is 14.3. The first kappa shape index (κ1) is 29.8. The lowest BCUT2D eigenvalue weighted by Gasteiger charge is -2.54. The summed E-state index contributed by atoms with van der Waals surface area (Å²) in [5.41, 5.74) is 1.53. The molecule has 3 heterocycles. The summed E-state index contributed by atoms with van der Waals surface area (Å²) >= 11 is 0. The van der Waals surface area contributed by atoms with E-state index in [9.17, 15) is 14.4 Å². The summed E-state index contributed by atoms with van der Waals surface area (Å²) in [6.45, 7) is -0.643. The fraction of sp³-hybridized carbons (Fsp3) is 0.667. The lowest BCUT2D eigenvalue weighted by Crippen LogP contribution is -2.58. The molecule has 1 amide bonds. The Labute approximate surface area is 252 Å². The molecule has 2 aromatic rings. The molecule has 0 spiro atoms. The number of fused-ring (bicyclic) bond motifs is 5. The zero-order valence-electron chi connectivity index (χ0n) is 25.2. The van der Waals surface area contributed by atoms with Gasteiger partial charge in [-0.25, -0.2) is 9.78 Å². The summed E-state index contributed by atoms with van der Waals surface area (Å²) in [6.07, 6.45) is 15.3. The average molecular weight is 592 g/mol. The van der Waals surface area contributed by atoms with Gasteiger partial charge in [0.2, 0.25) is 12.5 Å². The number of aliphatic carboxylic acids is 1. The Hall–Kier alpha value is -3.27. The number of piperidine rings is 2. The van der Waals surface area contributed by atoms with Gasteiger partial charge in [0, 0.05) is 44.1 Å². The van der Waals surface area contributed by atoms with E-state index in [1.807, 2.05) is 28.8 Å². The van der Waals surface area contributed by atoms with E-state index in [1.165, 1.54) is 64.2 Å². The number of para-hydroxylation sites is 2. The van der Waals surface area contributed by atoms with Crippen molar-refractivity contribution in [3.63, 3.8) is 0 Å². The number of carboxylic acids is 1. The van der Waals surface area contributed by atoms with Crippen LogP contribution in [0.15, 0.2) is 34.2 Å². The van der Waals surface area contributed by atoms with Crippen LogP contribution in [0.5, 0.6) is 0 Å². The van der Waals surface area contributed by atoms with Crippen LogP contribution < -0.4 is 10.9 Å². The van der Waals surface area contributed by atoms with Crippen molar-refractivity contribution in [3.05, 3.63) is 40.3 Å². The van der Waals surface area contributed by atoms with E-state index in [0.29, 0.717) is 23.6 Å². The van der Waals surface area contributed by atoms with Crippen LogP contribution in [-0.4, -0.2) is 68.9 Å². The highest BCUT2D eigenvalue weighted by molar-refractivity contribution is 6.01. The van der Waals surface area contributed by atoms with E-state index < -0.39 is 12.6 Å². The molecule has 4 fully saturated rings.